The van der Waals surface area contributed by atoms with Crippen molar-refractivity contribution in [2.45, 2.75) is 388 Å². The lowest BCUT2D eigenvalue weighted by atomic mass is 9.96. The van der Waals surface area contributed by atoms with Crippen molar-refractivity contribution in [3.8, 4) is 0 Å². The molecule has 0 aromatic carbocycles. The molecule has 17 unspecified atom stereocenters. The molecule has 0 aromatic heterocycles. The second-order valence-corrected chi connectivity index (χ2v) is 28.1. The van der Waals surface area contributed by atoms with E-state index in [-0.39, 0.29) is 18.9 Å². The summed E-state index contributed by atoms with van der Waals surface area (Å²) in [5, 5.41) is 121. The number of carbonyl (C=O) groups is 1. The summed E-state index contributed by atoms with van der Waals surface area (Å²) in [6, 6.07) is -1.01. The fraction of sp³-hybridized carbons (Fsp3) is 0.793. The van der Waals surface area contributed by atoms with E-state index in [1.54, 1.807) is 6.08 Å². The van der Waals surface area contributed by atoms with Crippen molar-refractivity contribution >= 4 is 5.91 Å². The molecule has 12 N–H and O–H groups in total. The summed E-state index contributed by atoms with van der Waals surface area (Å²) in [7, 11) is 0. The van der Waals surface area contributed by atoms with E-state index >= 15 is 0 Å². The van der Waals surface area contributed by atoms with E-state index in [1.807, 2.05) is 6.08 Å². The Hall–Kier alpha value is -3.29. The van der Waals surface area contributed by atoms with Crippen LogP contribution in [0.3, 0.4) is 0 Å². The van der Waals surface area contributed by atoms with Crippen LogP contribution in [0.5, 0.6) is 0 Å². The van der Waals surface area contributed by atoms with Gasteiger partial charge in [0.2, 0.25) is 5.91 Å². The highest BCUT2D eigenvalue weighted by Gasteiger charge is 2.54. The van der Waals surface area contributed by atoms with E-state index in [9.17, 15) is 61.0 Å². The zero-order valence-electron chi connectivity index (χ0n) is 62.4. The quantitative estimate of drug-likeness (QED) is 0.0199. The number of aliphatic hydroxyl groups excluding tert-OH is 11. The number of aliphatic hydroxyl groups is 11. The Morgan fingerprint density at radius 1 is 0.366 bits per heavy atom. The Balaban J connectivity index is 1.41. The predicted octanol–water partition coefficient (Wildman–Crippen LogP) is 13.2. The standard InChI is InChI=1S/C82H143NO18/c1-3-5-7-9-11-13-15-17-19-21-23-25-27-29-31-32-34-35-37-39-41-43-45-47-49-51-53-55-57-59-66(87)65(83-70(88)60-58-56-54-52-50-48-46-44-42-40-38-36-33-30-28-26-24-22-20-18-16-14-12-10-8-6-4-2)64-96-80-76(94)73(91)78(68(62-85)98-80)101-82-77(95)74(92)79(69(63-86)99-82)100-81-75(93)72(90)71(89)67(61-84)97-81/h6,8,12,14,18,20,24,26,30,33,41,43,49,51,57,59,65-69,71-82,84-87,89-95H,3-5,7,9-11,13,15-17,19,21-23,25,27-29,31-32,34-40,42,44-48,50,52-56,58,60-64H2,1-2H3,(H,83,88)/b8-6-,14-12-,20-18-,26-24-,33-30-,43-41+,51-49+,59-57+. The number of amides is 1. The third-order valence-corrected chi connectivity index (χ3v) is 19.3. The van der Waals surface area contributed by atoms with Crippen molar-refractivity contribution in [2.75, 3.05) is 26.4 Å². The van der Waals surface area contributed by atoms with Gasteiger partial charge in [-0.2, -0.15) is 0 Å². The number of nitrogens with one attached hydrogen (secondary N) is 1. The summed E-state index contributed by atoms with van der Waals surface area (Å²) in [4.78, 5) is 13.5. The highest BCUT2D eigenvalue weighted by Crippen LogP contribution is 2.33. The minimum Gasteiger partial charge on any atom is -0.394 e. The van der Waals surface area contributed by atoms with Gasteiger partial charge in [0.25, 0.3) is 0 Å². The van der Waals surface area contributed by atoms with Gasteiger partial charge < -0.3 is 89.9 Å². The van der Waals surface area contributed by atoms with Crippen molar-refractivity contribution in [3.05, 3.63) is 97.2 Å². The van der Waals surface area contributed by atoms with Gasteiger partial charge in [0.1, 0.15) is 73.2 Å². The van der Waals surface area contributed by atoms with E-state index in [1.165, 1.54) is 161 Å². The molecule has 101 heavy (non-hydrogen) atoms. The average Bonchev–Trinajstić information content (AvgIpc) is 0.782. The third kappa shape index (κ3) is 42.0. The van der Waals surface area contributed by atoms with E-state index in [0.717, 1.165) is 89.9 Å². The molecule has 584 valence electrons. The fourth-order valence-corrected chi connectivity index (χ4v) is 13.0. The highest BCUT2D eigenvalue weighted by atomic mass is 16.8. The van der Waals surface area contributed by atoms with Crippen LogP contribution in [0.1, 0.15) is 284 Å². The molecule has 3 fully saturated rings. The first-order valence-corrected chi connectivity index (χ1v) is 40.0. The van der Waals surface area contributed by atoms with Crippen LogP contribution in [-0.2, 0) is 33.2 Å². The predicted molar refractivity (Wildman–Crippen MR) is 401 cm³/mol. The maximum atomic E-state index is 13.5. The lowest BCUT2D eigenvalue weighted by molar-refractivity contribution is -0.379. The molecule has 17 atom stereocenters. The van der Waals surface area contributed by atoms with Crippen LogP contribution in [0.15, 0.2) is 97.2 Å². The number of carbonyl (C=O) groups excluding carboxylic acids is 1. The van der Waals surface area contributed by atoms with Crippen molar-refractivity contribution < 1.29 is 89.4 Å². The van der Waals surface area contributed by atoms with Gasteiger partial charge in [-0.05, 0) is 89.9 Å². The SMILES string of the molecule is CC/C=C\C/C=C\C/C=C\C/C=C\C/C=C\CCCCCCCCCCCCCC(=O)NC(COC1OC(CO)C(OC2OC(CO)C(OC3OC(CO)C(O)C(O)C3O)C(O)C2O)C(O)C1O)C(O)/C=C/CC/C=C/CC/C=C/CCCCCCCCCCCCCCCCCCCCC. The minimum absolute atomic E-state index is 0.223. The van der Waals surface area contributed by atoms with Gasteiger partial charge in [-0.1, -0.05) is 284 Å². The fourth-order valence-electron chi connectivity index (χ4n) is 13.0. The normalized spacial score (nSPS) is 26.8. The van der Waals surface area contributed by atoms with E-state index in [4.69, 9.17) is 28.4 Å². The van der Waals surface area contributed by atoms with Gasteiger partial charge in [0.05, 0.1) is 38.6 Å². The summed E-state index contributed by atoms with van der Waals surface area (Å²) in [5.41, 5.74) is 0. The van der Waals surface area contributed by atoms with Gasteiger partial charge in [0, 0.05) is 6.42 Å². The largest absolute Gasteiger partial charge is 0.394 e. The lowest BCUT2D eigenvalue weighted by Crippen LogP contribution is -2.66. The van der Waals surface area contributed by atoms with E-state index in [2.05, 4.69) is 104 Å². The number of unbranched alkanes of at least 4 members (excludes halogenated alkanes) is 32. The first-order chi connectivity index (χ1) is 49.3. The molecule has 0 aliphatic carbocycles. The molecule has 1 amide bonds. The van der Waals surface area contributed by atoms with Crippen molar-refractivity contribution in [1.29, 1.82) is 0 Å². The number of hydrogen-bond acceptors (Lipinski definition) is 18. The Kier molecular flexibility index (Phi) is 56.3. The van der Waals surface area contributed by atoms with Crippen molar-refractivity contribution in [3.63, 3.8) is 0 Å². The number of hydrogen-bond donors (Lipinski definition) is 12. The molecule has 3 saturated heterocycles. The van der Waals surface area contributed by atoms with Gasteiger partial charge in [-0.25, -0.2) is 0 Å². The van der Waals surface area contributed by atoms with Gasteiger partial charge in [0.15, 0.2) is 18.9 Å². The maximum Gasteiger partial charge on any atom is 0.220 e. The molecule has 0 radical (unpaired) electrons. The molecule has 0 spiro atoms. The van der Waals surface area contributed by atoms with Crippen LogP contribution >= 0.6 is 0 Å². The van der Waals surface area contributed by atoms with E-state index in [0.29, 0.717) is 12.8 Å². The van der Waals surface area contributed by atoms with Gasteiger partial charge in [-0.3, -0.25) is 4.79 Å². The molecule has 3 rings (SSSR count). The van der Waals surface area contributed by atoms with Crippen LogP contribution in [0, 0.1) is 0 Å². The van der Waals surface area contributed by atoms with Crippen molar-refractivity contribution in [1.82, 2.24) is 5.32 Å². The minimum atomic E-state index is -1.99. The monoisotopic (exact) mass is 1430 g/mol. The molecule has 19 heteroatoms. The zero-order valence-corrected chi connectivity index (χ0v) is 62.4. The van der Waals surface area contributed by atoms with Crippen LogP contribution < -0.4 is 5.32 Å². The molecular weight excluding hydrogens is 1290 g/mol. The second-order valence-electron chi connectivity index (χ2n) is 28.1. The summed E-state index contributed by atoms with van der Waals surface area (Å²) in [5.74, 6) is -0.294. The number of rotatable bonds is 62. The number of ether oxygens (including phenoxy) is 6. The zero-order chi connectivity index (χ0) is 73.2. The molecule has 3 aliphatic heterocycles. The third-order valence-electron chi connectivity index (χ3n) is 19.3. The Bertz CT molecular complexity index is 2200. The molecule has 0 aromatic rings. The van der Waals surface area contributed by atoms with Crippen LogP contribution in [0.25, 0.3) is 0 Å². The Morgan fingerprint density at radius 2 is 0.693 bits per heavy atom. The molecule has 0 saturated carbocycles. The van der Waals surface area contributed by atoms with E-state index < -0.39 is 124 Å². The summed E-state index contributed by atoms with van der Waals surface area (Å²) < 4.78 is 34.4. The summed E-state index contributed by atoms with van der Waals surface area (Å²) in [6.45, 7) is 1.61. The maximum absolute atomic E-state index is 13.5. The lowest BCUT2D eigenvalue weighted by Gasteiger charge is -2.48. The van der Waals surface area contributed by atoms with Crippen LogP contribution in [0.4, 0.5) is 0 Å². The average molecular weight is 1430 g/mol. The summed E-state index contributed by atoms with van der Waals surface area (Å²) >= 11 is 0. The van der Waals surface area contributed by atoms with Crippen LogP contribution in [-0.4, -0.2) is 193 Å². The second kappa shape index (κ2) is 61.8. The number of allylic oxidation sites excluding steroid dienone is 15. The topological polar surface area (TPSA) is 307 Å². The molecular formula is C82H143NO18. The molecule has 19 nitrogen and oxygen atoms in total. The Labute approximate surface area is 609 Å². The highest BCUT2D eigenvalue weighted by molar-refractivity contribution is 5.76. The first kappa shape index (κ1) is 91.9. The summed E-state index contributed by atoms with van der Waals surface area (Å²) in [6.07, 6.45) is 56.8. The first-order valence-electron chi connectivity index (χ1n) is 40.0. The Morgan fingerprint density at radius 3 is 1.11 bits per heavy atom. The van der Waals surface area contributed by atoms with Gasteiger partial charge >= 0.3 is 0 Å². The molecule has 0 bridgehead atoms. The molecule has 3 aliphatic rings. The van der Waals surface area contributed by atoms with Crippen LogP contribution in [0.2, 0.25) is 0 Å². The smallest absolute Gasteiger partial charge is 0.220 e. The van der Waals surface area contributed by atoms with Gasteiger partial charge in [-0.15, -0.1) is 0 Å². The molecule has 3 heterocycles. The van der Waals surface area contributed by atoms with Crippen molar-refractivity contribution in [2.24, 2.45) is 0 Å².